The van der Waals surface area contributed by atoms with Crippen LogP contribution in [0.2, 0.25) is 5.02 Å². The summed E-state index contributed by atoms with van der Waals surface area (Å²) >= 11 is 5.91. The van der Waals surface area contributed by atoms with Gasteiger partial charge >= 0.3 is 0 Å². The summed E-state index contributed by atoms with van der Waals surface area (Å²) in [7, 11) is 5.65. The van der Waals surface area contributed by atoms with E-state index in [0.29, 0.717) is 11.6 Å². The number of aromatic nitrogens is 2. The second-order valence-electron chi connectivity index (χ2n) is 5.51. The molecule has 0 saturated carbocycles. The summed E-state index contributed by atoms with van der Waals surface area (Å²) in [5.74, 6) is -0.0458. The van der Waals surface area contributed by atoms with Gasteiger partial charge in [0, 0.05) is 29.9 Å². The SMILES string of the molecule is Cc1c(CNC(=O)C(c2ccc(Cl)cc2)N(C)C)cnn1C. The van der Waals surface area contributed by atoms with E-state index in [-0.39, 0.29) is 11.9 Å². The average molecular weight is 321 g/mol. The molecule has 0 saturated heterocycles. The van der Waals surface area contributed by atoms with Gasteiger partial charge in [-0.1, -0.05) is 23.7 Å². The molecule has 1 heterocycles. The molecule has 2 rings (SSSR count). The second-order valence-corrected chi connectivity index (χ2v) is 5.95. The third-order valence-electron chi connectivity index (χ3n) is 3.74. The van der Waals surface area contributed by atoms with Gasteiger partial charge in [-0.2, -0.15) is 5.10 Å². The van der Waals surface area contributed by atoms with Gasteiger partial charge in [-0.05, 0) is 38.7 Å². The van der Waals surface area contributed by atoms with Crippen molar-refractivity contribution in [2.24, 2.45) is 7.05 Å². The summed E-state index contributed by atoms with van der Waals surface area (Å²) < 4.78 is 1.80. The molecule has 1 amide bonds. The van der Waals surface area contributed by atoms with Crippen molar-refractivity contribution in [1.82, 2.24) is 20.0 Å². The molecule has 1 atom stereocenters. The van der Waals surface area contributed by atoms with Crippen LogP contribution in [0.25, 0.3) is 0 Å². The predicted molar refractivity (Wildman–Crippen MR) is 87.7 cm³/mol. The van der Waals surface area contributed by atoms with Crippen LogP contribution < -0.4 is 5.32 Å². The first-order valence-electron chi connectivity index (χ1n) is 7.07. The fourth-order valence-electron chi connectivity index (χ4n) is 2.33. The second kappa shape index (κ2) is 6.94. The number of rotatable bonds is 5. The van der Waals surface area contributed by atoms with Crippen molar-refractivity contribution in [3.05, 3.63) is 52.3 Å². The summed E-state index contributed by atoms with van der Waals surface area (Å²) in [6, 6.07) is 7.00. The Balaban J connectivity index is 2.10. The number of aryl methyl sites for hydroxylation is 1. The highest BCUT2D eigenvalue weighted by molar-refractivity contribution is 6.30. The zero-order valence-corrected chi connectivity index (χ0v) is 14.1. The average Bonchev–Trinajstić information content (AvgIpc) is 2.78. The smallest absolute Gasteiger partial charge is 0.242 e. The summed E-state index contributed by atoms with van der Waals surface area (Å²) in [4.78, 5) is 14.4. The molecule has 2 aromatic rings. The lowest BCUT2D eigenvalue weighted by Crippen LogP contribution is -2.36. The Labute approximate surface area is 135 Å². The molecule has 5 nitrogen and oxygen atoms in total. The highest BCUT2D eigenvalue weighted by atomic mass is 35.5. The van der Waals surface area contributed by atoms with Gasteiger partial charge in [0.05, 0.1) is 6.20 Å². The monoisotopic (exact) mass is 320 g/mol. The molecule has 6 heteroatoms. The van der Waals surface area contributed by atoms with Gasteiger partial charge in [0.1, 0.15) is 6.04 Å². The minimum atomic E-state index is -0.353. The van der Waals surface area contributed by atoms with Crippen LogP contribution in [0.4, 0.5) is 0 Å². The summed E-state index contributed by atoms with van der Waals surface area (Å²) in [5, 5.41) is 7.82. The Hall–Kier alpha value is -1.85. The number of nitrogens with zero attached hydrogens (tertiary/aromatic N) is 3. The molecule has 0 aliphatic rings. The first-order valence-corrected chi connectivity index (χ1v) is 7.45. The van der Waals surface area contributed by atoms with Crippen molar-refractivity contribution in [2.75, 3.05) is 14.1 Å². The van der Waals surface area contributed by atoms with E-state index in [1.165, 1.54) is 0 Å². The third kappa shape index (κ3) is 3.67. The van der Waals surface area contributed by atoms with Gasteiger partial charge in [0.15, 0.2) is 0 Å². The predicted octanol–water partition coefficient (Wildman–Crippen LogP) is 2.30. The van der Waals surface area contributed by atoms with Crippen molar-refractivity contribution in [2.45, 2.75) is 19.5 Å². The number of carbonyl (C=O) groups is 1. The van der Waals surface area contributed by atoms with Gasteiger partial charge in [-0.25, -0.2) is 0 Å². The number of benzene rings is 1. The highest BCUT2D eigenvalue weighted by Crippen LogP contribution is 2.21. The molecule has 1 aromatic heterocycles. The minimum Gasteiger partial charge on any atom is -0.350 e. The van der Waals surface area contributed by atoms with E-state index in [1.54, 1.807) is 23.0 Å². The topological polar surface area (TPSA) is 50.2 Å². The van der Waals surface area contributed by atoms with E-state index < -0.39 is 0 Å². The molecule has 0 spiro atoms. The zero-order chi connectivity index (χ0) is 16.3. The number of nitrogens with one attached hydrogen (secondary N) is 1. The van der Waals surface area contributed by atoms with Crippen LogP contribution in [-0.4, -0.2) is 34.7 Å². The number of halogens is 1. The first-order chi connectivity index (χ1) is 10.4. The standard InChI is InChI=1S/C16H21ClN4O/c1-11-13(10-19-21(11)4)9-18-16(22)15(20(2)3)12-5-7-14(17)8-6-12/h5-8,10,15H,9H2,1-4H3,(H,18,22). The molecule has 0 fully saturated rings. The first kappa shape index (κ1) is 16.5. The Morgan fingerprint density at radius 1 is 1.36 bits per heavy atom. The van der Waals surface area contributed by atoms with Crippen LogP contribution in [0.3, 0.4) is 0 Å². The lowest BCUT2D eigenvalue weighted by Gasteiger charge is -2.24. The molecule has 118 valence electrons. The molecule has 1 unspecified atom stereocenters. The molecule has 22 heavy (non-hydrogen) atoms. The maximum absolute atomic E-state index is 12.5. The van der Waals surface area contributed by atoms with Gasteiger partial charge in [0.2, 0.25) is 5.91 Å². The Kier molecular flexibility index (Phi) is 5.21. The molecular formula is C16H21ClN4O. The number of hydrogen-bond donors (Lipinski definition) is 1. The third-order valence-corrected chi connectivity index (χ3v) is 3.99. The number of likely N-dealkylation sites (N-methyl/N-ethyl adjacent to an activating group) is 1. The zero-order valence-electron chi connectivity index (χ0n) is 13.3. The van der Waals surface area contributed by atoms with E-state index in [2.05, 4.69) is 10.4 Å². The summed E-state index contributed by atoms with van der Waals surface area (Å²) in [5.41, 5.74) is 2.98. The van der Waals surface area contributed by atoms with Crippen LogP contribution in [0.5, 0.6) is 0 Å². The van der Waals surface area contributed by atoms with Crippen molar-refractivity contribution >= 4 is 17.5 Å². The number of amides is 1. The Bertz CT molecular complexity index is 649. The van der Waals surface area contributed by atoms with Crippen LogP contribution in [0.1, 0.15) is 22.9 Å². The van der Waals surface area contributed by atoms with Crippen molar-refractivity contribution in [3.8, 4) is 0 Å². The molecule has 1 aromatic carbocycles. The molecule has 0 bridgehead atoms. The van der Waals surface area contributed by atoms with Crippen LogP contribution in [-0.2, 0) is 18.4 Å². The minimum absolute atomic E-state index is 0.0458. The van der Waals surface area contributed by atoms with E-state index >= 15 is 0 Å². The van der Waals surface area contributed by atoms with Gasteiger partial charge < -0.3 is 5.32 Å². The van der Waals surface area contributed by atoms with Crippen LogP contribution >= 0.6 is 11.6 Å². The molecular weight excluding hydrogens is 300 g/mol. The lowest BCUT2D eigenvalue weighted by atomic mass is 10.1. The maximum Gasteiger partial charge on any atom is 0.242 e. The van der Waals surface area contributed by atoms with Crippen LogP contribution in [0, 0.1) is 6.92 Å². The maximum atomic E-state index is 12.5. The Morgan fingerprint density at radius 2 is 2.00 bits per heavy atom. The summed E-state index contributed by atoms with van der Waals surface area (Å²) in [6.07, 6.45) is 1.78. The van der Waals surface area contributed by atoms with Crippen molar-refractivity contribution < 1.29 is 4.79 Å². The highest BCUT2D eigenvalue weighted by Gasteiger charge is 2.22. The quantitative estimate of drug-likeness (QED) is 0.919. The molecule has 0 aliphatic carbocycles. The molecule has 1 N–H and O–H groups in total. The number of carbonyl (C=O) groups excluding carboxylic acids is 1. The van der Waals surface area contributed by atoms with E-state index in [4.69, 9.17) is 11.6 Å². The van der Waals surface area contributed by atoms with Gasteiger partial charge in [-0.3, -0.25) is 14.4 Å². The molecule has 0 radical (unpaired) electrons. The van der Waals surface area contributed by atoms with Gasteiger partial charge in [0.25, 0.3) is 0 Å². The normalized spacial score (nSPS) is 12.5. The summed E-state index contributed by atoms with van der Waals surface area (Å²) in [6.45, 7) is 2.45. The fraction of sp³-hybridized carbons (Fsp3) is 0.375. The van der Waals surface area contributed by atoms with E-state index in [0.717, 1.165) is 16.8 Å². The van der Waals surface area contributed by atoms with Crippen molar-refractivity contribution in [1.29, 1.82) is 0 Å². The largest absolute Gasteiger partial charge is 0.350 e. The fourth-order valence-corrected chi connectivity index (χ4v) is 2.45. The van der Waals surface area contributed by atoms with Gasteiger partial charge in [-0.15, -0.1) is 0 Å². The molecule has 0 aliphatic heterocycles. The van der Waals surface area contributed by atoms with E-state index in [1.807, 2.05) is 45.1 Å². The Morgan fingerprint density at radius 3 is 2.50 bits per heavy atom. The lowest BCUT2D eigenvalue weighted by molar-refractivity contribution is -0.125. The van der Waals surface area contributed by atoms with E-state index in [9.17, 15) is 4.79 Å². The number of hydrogen-bond acceptors (Lipinski definition) is 3. The van der Waals surface area contributed by atoms with Crippen LogP contribution in [0.15, 0.2) is 30.5 Å². The van der Waals surface area contributed by atoms with Crippen molar-refractivity contribution in [3.63, 3.8) is 0 Å².